The Kier molecular flexibility index (Phi) is 5.80. The van der Waals surface area contributed by atoms with Crippen molar-refractivity contribution in [1.29, 1.82) is 0 Å². The lowest BCUT2D eigenvalue weighted by Crippen LogP contribution is -2.19. The number of benzene rings is 3. The molecule has 4 rings (SSSR count). The topological polar surface area (TPSA) is 56.2 Å². The average Bonchev–Trinajstić information content (AvgIpc) is 3.19. The fourth-order valence-corrected chi connectivity index (χ4v) is 3.61. The van der Waals surface area contributed by atoms with E-state index in [1.165, 1.54) is 16.7 Å². The maximum Gasteiger partial charge on any atom is 0.221 e. The van der Waals surface area contributed by atoms with Crippen molar-refractivity contribution in [1.82, 2.24) is 15.1 Å². The molecule has 0 aliphatic carbocycles. The molecule has 0 saturated heterocycles. The highest BCUT2D eigenvalue weighted by molar-refractivity contribution is 5.81. The van der Waals surface area contributed by atoms with Gasteiger partial charge in [-0.15, -0.1) is 0 Å². The molecule has 0 radical (unpaired) electrons. The van der Waals surface area contributed by atoms with Gasteiger partial charge in [-0.1, -0.05) is 48.5 Å². The molecular weight excluding hydrogens is 374 g/mol. The van der Waals surface area contributed by atoms with Crippen LogP contribution in [0.1, 0.15) is 17.5 Å². The third-order valence-corrected chi connectivity index (χ3v) is 5.29. The second kappa shape index (κ2) is 8.82. The first-order valence-corrected chi connectivity index (χ1v) is 10.1. The van der Waals surface area contributed by atoms with Gasteiger partial charge in [0.15, 0.2) is 0 Å². The first-order valence-electron chi connectivity index (χ1n) is 10.1. The normalized spacial score (nSPS) is 10.9. The lowest BCUT2D eigenvalue weighted by molar-refractivity contribution is -0.120. The van der Waals surface area contributed by atoms with Crippen LogP contribution in [-0.2, 0) is 17.9 Å². The predicted octanol–water partition coefficient (Wildman–Crippen LogP) is 4.73. The van der Waals surface area contributed by atoms with Crippen LogP contribution in [0, 0.1) is 6.92 Å². The molecule has 0 aliphatic heterocycles. The summed E-state index contributed by atoms with van der Waals surface area (Å²) in [5.74, 6) is 0.804. The van der Waals surface area contributed by atoms with Crippen LogP contribution >= 0.6 is 0 Å². The number of carbonyl (C=O) groups is 1. The van der Waals surface area contributed by atoms with Crippen molar-refractivity contribution in [3.05, 3.63) is 84.1 Å². The van der Waals surface area contributed by atoms with Crippen molar-refractivity contribution in [3.63, 3.8) is 0 Å². The van der Waals surface area contributed by atoms with Crippen LogP contribution in [0.3, 0.4) is 0 Å². The van der Waals surface area contributed by atoms with E-state index >= 15 is 0 Å². The van der Waals surface area contributed by atoms with Gasteiger partial charge in [0.25, 0.3) is 0 Å². The Labute approximate surface area is 176 Å². The highest BCUT2D eigenvalue weighted by atomic mass is 16.5. The highest BCUT2D eigenvalue weighted by Crippen LogP contribution is 2.28. The molecule has 0 atom stereocenters. The minimum atomic E-state index is 0.00548. The van der Waals surface area contributed by atoms with E-state index < -0.39 is 0 Å². The van der Waals surface area contributed by atoms with Crippen LogP contribution in [-0.4, -0.2) is 22.7 Å². The van der Waals surface area contributed by atoms with Crippen LogP contribution in [0.15, 0.2) is 72.9 Å². The summed E-state index contributed by atoms with van der Waals surface area (Å²) < 4.78 is 7.97. The van der Waals surface area contributed by atoms with Crippen molar-refractivity contribution in [2.24, 2.45) is 0 Å². The summed E-state index contributed by atoms with van der Waals surface area (Å²) in [6, 6.07) is 22.7. The molecule has 0 aliphatic rings. The molecule has 30 heavy (non-hydrogen) atoms. The van der Waals surface area contributed by atoms with Gasteiger partial charge in [-0.25, -0.2) is 0 Å². The third kappa shape index (κ3) is 4.20. The van der Waals surface area contributed by atoms with E-state index in [1.807, 2.05) is 35.1 Å². The zero-order chi connectivity index (χ0) is 20.9. The van der Waals surface area contributed by atoms with Gasteiger partial charge >= 0.3 is 0 Å². The molecule has 5 nitrogen and oxygen atoms in total. The number of nitrogens with zero attached hydrogens (tertiary/aromatic N) is 2. The molecule has 1 aromatic heterocycles. The molecular formula is C25H25N3O2. The zero-order valence-corrected chi connectivity index (χ0v) is 17.3. The molecule has 5 heteroatoms. The molecule has 0 saturated carbocycles. The van der Waals surface area contributed by atoms with Crippen molar-refractivity contribution < 1.29 is 9.53 Å². The van der Waals surface area contributed by atoms with E-state index in [2.05, 4.69) is 59.8 Å². The van der Waals surface area contributed by atoms with Gasteiger partial charge in [0.1, 0.15) is 12.4 Å². The summed E-state index contributed by atoms with van der Waals surface area (Å²) in [5.41, 5.74) is 5.80. The molecule has 4 aromatic rings. The van der Waals surface area contributed by atoms with Crippen LogP contribution in [0.4, 0.5) is 0 Å². The van der Waals surface area contributed by atoms with E-state index in [4.69, 9.17) is 4.74 Å². The Bertz CT molecular complexity index is 1180. The summed E-state index contributed by atoms with van der Waals surface area (Å²) in [4.78, 5) is 11.5. The lowest BCUT2D eigenvalue weighted by Gasteiger charge is -2.13. The van der Waals surface area contributed by atoms with Crippen molar-refractivity contribution in [2.75, 3.05) is 7.05 Å². The van der Waals surface area contributed by atoms with Crippen molar-refractivity contribution >= 4 is 16.8 Å². The minimum Gasteiger partial charge on any atom is -0.489 e. The fourth-order valence-electron chi connectivity index (χ4n) is 3.61. The van der Waals surface area contributed by atoms with Crippen LogP contribution in [0.5, 0.6) is 5.75 Å². The van der Waals surface area contributed by atoms with Gasteiger partial charge in [-0.2, -0.15) is 5.10 Å². The van der Waals surface area contributed by atoms with Crippen molar-refractivity contribution in [3.8, 4) is 16.9 Å². The number of aryl methyl sites for hydroxylation is 2. The number of rotatable bonds is 7. The van der Waals surface area contributed by atoms with E-state index in [0.717, 1.165) is 22.2 Å². The first kappa shape index (κ1) is 19.7. The number of nitrogens with one attached hydrogen (secondary N) is 1. The number of fused-ring (bicyclic) bond motifs is 1. The molecule has 1 amide bonds. The van der Waals surface area contributed by atoms with E-state index in [1.54, 1.807) is 7.05 Å². The van der Waals surface area contributed by atoms with E-state index in [9.17, 15) is 4.79 Å². The second-order valence-corrected chi connectivity index (χ2v) is 7.27. The van der Waals surface area contributed by atoms with Crippen LogP contribution < -0.4 is 10.1 Å². The molecule has 1 heterocycles. The molecule has 0 bridgehead atoms. The third-order valence-electron chi connectivity index (χ3n) is 5.29. The fraction of sp³-hybridized carbons (Fsp3) is 0.200. The zero-order valence-electron chi connectivity index (χ0n) is 17.3. The average molecular weight is 399 g/mol. The Hall–Kier alpha value is -3.60. The first-order chi connectivity index (χ1) is 14.7. The smallest absolute Gasteiger partial charge is 0.221 e. The van der Waals surface area contributed by atoms with Crippen LogP contribution in [0.25, 0.3) is 22.0 Å². The molecule has 0 unspecified atom stereocenters. The van der Waals surface area contributed by atoms with Gasteiger partial charge < -0.3 is 10.1 Å². The van der Waals surface area contributed by atoms with E-state index in [0.29, 0.717) is 19.6 Å². The SMILES string of the molecule is CNC(=O)CCn1ncc2cc(OCc3ccccc3-c3ccccc3C)ccc21. The summed E-state index contributed by atoms with van der Waals surface area (Å²) in [6.45, 7) is 3.16. The maximum absolute atomic E-state index is 11.5. The van der Waals surface area contributed by atoms with Gasteiger partial charge in [0.05, 0.1) is 18.3 Å². The highest BCUT2D eigenvalue weighted by Gasteiger charge is 2.09. The summed E-state index contributed by atoms with van der Waals surface area (Å²) in [5, 5.41) is 8.04. The van der Waals surface area contributed by atoms with Crippen molar-refractivity contribution in [2.45, 2.75) is 26.5 Å². The summed E-state index contributed by atoms with van der Waals surface area (Å²) in [6.07, 6.45) is 2.22. The lowest BCUT2D eigenvalue weighted by atomic mass is 9.96. The van der Waals surface area contributed by atoms with Gasteiger partial charge in [0.2, 0.25) is 5.91 Å². The standard InChI is InChI=1S/C25H25N3O2/c1-18-7-3-5-9-22(18)23-10-6-4-8-19(23)17-30-21-11-12-24-20(15-21)16-27-28(24)14-13-25(29)26-2/h3-12,15-16H,13-14,17H2,1-2H3,(H,26,29). The van der Waals surface area contributed by atoms with Gasteiger partial charge in [0, 0.05) is 18.9 Å². The van der Waals surface area contributed by atoms with Gasteiger partial charge in [-0.05, 0) is 47.4 Å². The molecule has 1 N–H and O–H groups in total. The number of hydrogen-bond donors (Lipinski definition) is 1. The number of amides is 1. The minimum absolute atomic E-state index is 0.00548. The Morgan fingerprint density at radius 3 is 2.60 bits per heavy atom. The number of hydrogen-bond acceptors (Lipinski definition) is 3. The largest absolute Gasteiger partial charge is 0.489 e. The van der Waals surface area contributed by atoms with Crippen LogP contribution in [0.2, 0.25) is 0 Å². The number of aromatic nitrogens is 2. The molecule has 0 fully saturated rings. The molecule has 152 valence electrons. The molecule has 0 spiro atoms. The Balaban J connectivity index is 1.51. The number of carbonyl (C=O) groups excluding carboxylic acids is 1. The number of ether oxygens (including phenoxy) is 1. The maximum atomic E-state index is 11.5. The molecule has 3 aromatic carbocycles. The van der Waals surface area contributed by atoms with E-state index in [-0.39, 0.29) is 5.91 Å². The summed E-state index contributed by atoms with van der Waals surface area (Å²) in [7, 11) is 1.64. The Morgan fingerprint density at radius 1 is 1.03 bits per heavy atom. The monoisotopic (exact) mass is 399 g/mol. The van der Waals surface area contributed by atoms with Gasteiger partial charge in [-0.3, -0.25) is 9.48 Å². The Morgan fingerprint density at radius 2 is 1.80 bits per heavy atom. The predicted molar refractivity (Wildman–Crippen MR) is 119 cm³/mol. The quantitative estimate of drug-likeness (QED) is 0.489. The summed E-state index contributed by atoms with van der Waals surface area (Å²) >= 11 is 0. The second-order valence-electron chi connectivity index (χ2n) is 7.27.